The number of rotatable bonds is 46. The van der Waals surface area contributed by atoms with Crippen molar-refractivity contribution in [3.8, 4) is 0 Å². The van der Waals surface area contributed by atoms with Gasteiger partial charge in [0.15, 0.2) is 0 Å². The van der Waals surface area contributed by atoms with E-state index in [4.69, 9.17) is 0 Å². The second-order valence-electron chi connectivity index (χ2n) is 17.5. The highest BCUT2D eigenvalue weighted by Crippen LogP contribution is 2.17. The lowest BCUT2D eigenvalue weighted by atomic mass is 9.99. The third-order valence-corrected chi connectivity index (χ3v) is 11.9. The molecular formula is C51H99NO5. The minimum Gasteiger partial charge on any atom is -0.394 e. The van der Waals surface area contributed by atoms with Crippen LogP contribution in [0.1, 0.15) is 264 Å². The number of hydrogen-bond acceptors (Lipinski definition) is 5. The Kier molecular flexibility index (Phi) is 44.9. The number of aliphatic hydroxyl groups is 4. The van der Waals surface area contributed by atoms with Crippen molar-refractivity contribution >= 4 is 5.91 Å². The van der Waals surface area contributed by atoms with Crippen molar-refractivity contribution in [3.63, 3.8) is 0 Å². The van der Waals surface area contributed by atoms with Gasteiger partial charge in [-0.1, -0.05) is 244 Å². The molecular weight excluding hydrogens is 707 g/mol. The smallest absolute Gasteiger partial charge is 0.249 e. The molecule has 0 aromatic heterocycles. The van der Waals surface area contributed by atoms with Crippen LogP contribution in [0.4, 0.5) is 0 Å². The third-order valence-electron chi connectivity index (χ3n) is 11.9. The van der Waals surface area contributed by atoms with Crippen LogP contribution in [0.2, 0.25) is 0 Å². The molecule has 4 unspecified atom stereocenters. The Hall–Kier alpha value is -1.21. The predicted molar refractivity (Wildman–Crippen MR) is 247 cm³/mol. The molecule has 57 heavy (non-hydrogen) atoms. The molecule has 0 aromatic carbocycles. The first-order chi connectivity index (χ1) is 28.0. The van der Waals surface area contributed by atoms with Crippen LogP contribution in [-0.4, -0.2) is 57.3 Å². The van der Waals surface area contributed by atoms with E-state index < -0.39 is 36.9 Å². The maximum atomic E-state index is 12.5. The highest BCUT2D eigenvalue weighted by molar-refractivity contribution is 5.80. The average molecular weight is 806 g/mol. The molecule has 0 bridgehead atoms. The number of hydrogen-bond donors (Lipinski definition) is 5. The molecule has 0 radical (unpaired) electrons. The van der Waals surface area contributed by atoms with E-state index in [1.165, 1.54) is 193 Å². The molecule has 4 atom stereocenters. The fraction of sp³-hybridized carbons (Fsp3) is 0.902. The molecule has 0 fully saturated rings. The minimum atomic E-state index is -1.26. The summed E-state index contributed by atoms with van der Waals surface area (Å²) in [6, 6.07) is -0.982. The first-order valence-corrected chi connectivity index (χ1v) is 25.2. The van der Waals surface area contributed by atoms with Crippen molar-refractivity contribution in [2.45, 2.75) is 289 Å². The van der Waals surface area contributed by atoms with Crippen LogP contribution in [0.5, 0.6) is 0 Å². The Morgan fingerprint density at radius 2 is 0.754 bits per heavy atom. The van der Waals surface area contributed by atoms with Crippen molar-refractivity contribution < 1.29 is 25.2 Å². The molecule has 1 amide bonds. The fourth-order valence-corrected chi connectivity index (χ4v) is 7.91. The van der Waals surface area contributed by atoms with Gasteiger partial charge in [-0.05, 0) is 44.9 Å². The lowest BCUT2D eigenvalue weighted by molar-refractivity contribution is -0.132. The van der Waals surface area contributed by atoms with Gasteiger partial charge in [0.25, 0.3) is 0 Å². The van der Waals surface area contributed by atoms with E-state index in [9.17, 15) is 25.2 Å². The Balaban J connectivity index is 3.59. The lowest BCUT2D eigenvalue weighted by Crippen LogP contribution is -2.53. The molecule has 0 aliphatic rings. The van der Waals surface area contributed by atoms with Crippen molar-refractivity contribution in [2.75, 3.05) is 6.61 Å². The van der Waals surface area contributed by atoms with Gasteiger partial charge < -0.3 is 25.7 Å². The van der Waals surface area contributed by atoms with Crippen LogP contribution in [0.25, 0.3) is 0 Å². The molecule has 0 saturated heterocycles. The van der Waals surface area contributed by atoms with Gasteiger partial charge >= 0.3 is 0 Å². The van der Waals surface area contributed by atoms with Gasteiger partial charge in [0.2, 0.25) is 5.91 Å². The molecule has 5 N–H and O–H groups in total. The van der Waals surface area contributed by atoms with Crippen LogP contribution in [-0.2, 0) is 4.79 Å². The van der Waals surface area contributed by atoms with E-state index in [0.29, 0.717) is 12.8 Å². The first kappa shape index (κ1) is 55.8. The molecule has 0 aliphatic carbocycles. The standard InChI is InChI=1S/C51H99NO5/c1-3-5-7-9-11-13-15-16-17-18-19-20-21-22-23-24-25-26-27-28-29-30-31-32-33-35-37-39-41-43-45-49(55)51(57)52-47(46-53)50(56)48(54)44-42-40-38-36-34-14-12-10-8-6-4-2/h19-20,22-23,47-50,53-56H,3-18,21,24-46H2,1-2H3,(H,52,57)/b20-19-,23-22-. The lowest BCUT2D eigenvalue weighted by Gasteiger charge is -2.27. The van der Waals surface area contributed by atoms with Gasteiger partial charge in [-0.3, -0.25) is 4.79 Å². The zero-order chi connectivity index (χ0) is 41.7. The number of nitrogens with one attached hydrogen (secondary N) is 1. The van der Waals surface area contributed by atoms with Gasteiger partial charge in [-0.25, -0.2) is 0 Å². The number of allylic oxidation sites excluding steroid dienone is 4. The predicted octanol–water partition coefficient (Wildman–Crippen LogP) is 13.9. The third kappa shape index (κ3) is 40.0. The summed E-state index contributed by atoms with van der Waals surface area (Å²) >= 11 is 0. The maximum absolute atomic E-state index is 12.5. The molecule has 338 valence electrons. The second-order valence-corrected chi connectivity index (χ2v) is 17.5. The highest BCUT2D eigenvalue weighted by Gasteiger charge is 2.28. The summed E-state index contributed by atoms with van der Waals surface area (Å²) in [4.78, 5) is 12.5. The van der Waals surface area contributed by atoms with Gasteiger partial charge in [0.1, 0.15) is 12.2 Å². The van der Waals surface area contributed by atoms with Crippen LogP contribution in [0, 0.1) is 0 Å². The first-order valence-electron chi connectivity index (χ1n) is 25.2. The van der Waals surface area contributed by atoms with Gasteiger partial charge in [0.05, 0.1) is 18.8 Å². The topological polar surface area (TPSA) is 110 Å². The van der Waals surface area contributed by atoms with Gasteiger partial charge in [-0.2, -0.15) is 0 Å². The summed E-state index contributed by atoms with van der Waals surface area (Å²) in [5.74, 6) is -0.583. The Morgan fingerprint density at radius 1 is 0.439 bits per heavy atom. The van der Waals surface area contributed by atoms with Crippen molar-refractivity contribution in [3.05, 3.63) is 24.3 Å². The Bertz CT molecular complexity index is 863. The quantitative estimate of drug-likeness (QED) is 0.0311. The van der Waals surface area contributed by atoms with Crippen molar-refractivity contribution in [1.29, 1.82) is 0 Å². The average Bonchev–Trinajstić information content (AvgIpc) is 3.22. The monoisotopic (exact) mass is 806 g/mol. The molecule has 6 nitrogen and oxygen atoms in total. The van der Waals surface area contributed by atoms with Crippen LogP contribution >= 0.6 is 0 Å². The highest BCUT2D eigenvalue weighted by atomic mass is 16.3. The number of aliphatic hydroxyl groups excluding tert-OH is 4. The Labute approximate surface area is 354 Å². The number of carbonyl (C=O) groups excluding carboxylic acids is 1. The molecule has 0 rings (SSSR count). The van der Waals surface area contributed by atoms with E-state index in [1.807, 2.05) is 0 Å². The largest absolute Gasteiger partial charge is 0.394 e. The van der Waals surface area contributed by atoms with E-state index in [2.05, 4.69) is 43.5 Å². The second kappa shape index (κ2) is 45.9. The molecule has 6 heteroatoms. The van der Waals surface area contributed by atoms with Crippen LogP contribution in [0.15, 0.2) is 24.3 Å². The summed E-state index contributed by atoms with van der Waals surface area (Å²) in [5.41, 5.74) is 0. The van der Waals surface area contributed by atoms with Crippen LogP contribution < -0.4 is 5.32 Å². The Morgan fingerprint density at radius 3 is 1.11 bits per heavy atom. The van der Waals surface area contributed by atoms with E-state index in [-0.39, 0.29) is 0 Å². The summed E-state index contributed by atoms with van der Waals surface area (Å²) in [6.45, 7) is 4.05. The van der Waals surface area contributed by atoms with Crippen LogP contribution in [0.3, 0.4) is 0 Å². The fourth-order valence-electron chi connectivity index (χ4n) is 7.91. The molecule has 0 aliphatic heterocycles. The van der Waals surface area contributed by atoms with Gasteiger partial charge in [-0.15, -0.1) is 0 Å². The van der Waals surface area contributed by atoms with E-state index in [1.54, 1.807) is 0 Å². The molecule has 0 spiro atoms. The zero-order valence-electron chi connectivity index (χ0n) is 38.1. The molecule has 0 heterocycles. The summed E-state index contributed by atoms with van der Waals surface area (Å²) in [6.07, 6.45) is 53.8. The number of amides is 1. The number of carbonyl (C=O) groups is 1. The zero-order valence-corrected chi connectivity index (χ0v) is 38.1. The summed E-state index contributed by atoms with van der Waals surface area (Å²) in [7, 11) is 0. The van der Waals surface area contributed by atoms with E-state index >= 15 is 0 Å². The SMILES string of the molecule is CCCCCCCCCCC/C=C\C/C=C\CCCCCCCCCCCCCCCCC(O)C(=O)NC(CO)C(O)C(O)CCCCCCCCCCCCC. The number of unbranched alkanes of at least 4 members (excludes halogenated alkanes) is 33. The summed E-state index contributed by atoms with van der Waals surface area (Å²) in [5, 5.41) is 43.7. The summed E-state index contributed by atoms with van der Waals surface area (Å²) < 4.78 is 0. The normalized spacial score (nSPS) is 14.1. The maximum Gasteiger partial charge on any atom is 0.249 e. The molecule has 0 aromatic rings. The van der Waals surface area contributed by atoms with E-state index in [0.717, 1.165) is 44.9 Å². The van der Waals surface area contributed by atoms with Gasteiger partial charge in [0, 0.05) is 0 Å². The molecule has 0 saturated carbocycles. The van der Waals surface area contributed by atoms with Crippen molar-refractivity contribution in [2.24, 2.45) is 0 Å². The minimum absolute atomic E-state index is 0.370. The van der Waals surface area contributed by atoms with Crippen molar-refractivity contribution in [1.82, 2.24) is 5.32 Å².